The highest BCUT2D eigenvalue weighted by atomic mass is 16.1. The molecule has 10 heavy (non-hydrogen) atoms. The Balaban J connectivity index is 3.29. The minimum Gasteiger partial charge on any atom is -0.321 e. The predicted octanol–water partition coefficient (Wildman–Crippen LogP) is -1.11. The third-order valence-corrected chi connectivity index (χ3v) is 1.00. The molecule has 0 fully saturated rings. The van der Waals surface area contributed by atoms with Gasteiger partial charge in [0.25, 0.3) is 0 Å². The molecule has 0 radical (unpaired) electrons. The molecular weight excluding hydrogens is 132 g/mol. The maximum absolute atomic E-state index is 10.1. The molecule has 5 nitrogen and oxygen atoms in total. The Bertz CT molecular complexity index is 303. The van der Waals surface area contributed by atoms with Crippen molar-refractivity contribution >= 4 is 6.29 Å². The van der Waals surface area contributed by atoms with Crippen LogP contribution in [0, 0.1) is 5.41 Å². The van der Waals surface area contributed by atoms with Gasteiger partial charge in [-0.1, -0.05) is 0 Å². The monoisotopic (exact) mass is 138 g/mol. The highest BCUT2D eigenvalue weighted by Gasteiger charge is 1.90. The lowest BCUT2D eigenvalue weighted by Gasteiger charge is -1.95. The minimum atomic E-state index is 0.0607. The maximum Gasteiger partial charge on any atom is 0.170 e. The number of nitrogens with one attached hydrogen (secondary N) is 1. The number of hydrogen-bond acceptors (Lipinski definition) is 4. The highest BCUT2D eigenvalue weighted by molar-refractivity contribution is 5.70. The zero-order valence-electron chi connectivity index (χ0n) is 5.11. The summed E-state index contributed by atoms with van der Waals surface area (Å²) < 4.78 is 0. The first-order chi connectivity index (χ1) is 4.74. The summed E-state index contributed by atoms with van der Waals surface area (Å²) in [4.78, 5) is 10.9. The first-order valence-electron chi connectivity index (χ1n) is 2.59. The summed E-state index contributed by atoms with van der Waals surface area (Å²) in [5.41, 5.74) is 0.282. The van der Waals surface area contributed by atoms with Crippen LogP contribution in [0.2, 0.25) is 0 Å². The normalized spacial score (nSPS) is 9.20. The van der Waals surface area contributed by atoms with Crippen LogP contribution in [0.25, 0.3) is 0 Å². The largest absolute Gasteiger partial charge is 0.321 e. The van der Waals surface area contributed by atoms with Gasteiger partial charge >= 0.3 is 0 Å². The summed E-state index contributed by atoms with van der Waals surface area (Å²) in [6, 6.07) is 2.83. The average Bonchev–Trinajstić information content (AvgIpc) is 1.95. The number of hydrogen-bond donors (Lipinski definition) is 2. The summed E-state index contributed by atoms with van der Waals surface area (Å²) in [5, 5.41) is 10.6. The lowest BCUT2D eigenvalue weighted by molar-refractivity contribution is 0.111. The van der Waals surface area contributed by atoms with Gasteiger partial charge < -0.3 is 5.84 Å². The first-order valence-corrected chi connectivity index (χ1v) is 2.59. The van der Waals surface area contributed by atoms with Crippen LogP contribution in [0.1, 0.15) is 10.5 Å². The SMILES string of the molecule is N=c1ccc(C=O)nn1N. The molecule has 3 N–H and O–H groups in total. The average molecular weight is 138 g/mol. The molecule has 0 saturated heterocycles. The van der Waals surface area contributed by atoms with Gasteiger partial charge in [0.1, 0.15) is 5.69 Å². The van der Waals surface area contributed by atoms with E-state index in [0.29, 0.717) is 6.29 Å². The van der Waals surface area contributed by atoms with Crippen molar-refractivity contribution in [1.29, 1.82) is 5.41 Å². The van der Waals surface area contributed by atoms with Gasteiger partial charge in [-0.05, 0) is 12.1 Å². The Morgan fingerprint density at radius 3 is 2.90 bits per heavy atom. The fourth-order valence-electron chi connectivity index (χ4n) is 0.515. The lowest BCUT2D eigenvalue weighted by Crippen LogP contribution is -2.29. The number of nitrogens with zero attached hydrogens (tertiary/aromatic N) is 2. The summed E-state index contributed by atoms with van der Waals surface area (Å²) >= 11 is 0. The van der Waals surface area contributed by atoms with E-state index in [9.17, 15) is 4.79 Å². The Labute approximate surface area is 56.6 Å². The van der Waals surface area contributed by atoms with Crippen molar-refractivity contribution in [1.82, 2.24) is 9.89 Å². The number of nitrogens with two attached hydrogens (primary N) is 1. The predicted molar refractivity (Wildman–Crippen MR) is 33.6 cm³/mol. The number of carbonyl (C=O) groups is 1. The second-order valence-electron chi connectivity index (χ2n) is 1.71. The smallest absolute Gasteiger partial charge is 0.170 e. The van der Waals surface area contributed by atoms with Crippen molar-refractivity contribution in [3.8, 4) is 0 Å². The Morgan fingerprint density at radius 2 is 2.40 bits per heavy atom. The molecule has 0 saturated carbocycles. The van der Waals surface area contributed by atoms with E-state index in [1.54, 1.807) is 0 Å². The van der Waals surface area contributed by atoms with Crippen LogP contribution < -0.4 is 11.3 Å². The van der Waals surface area contributed by atoms with E-state index >= 15 is 0 Å². The molecule has 0 aromatic carbocycles. The van der Waals surface area contributed by atoms with Crippen molar-refractivity contribution in [2.45, 2.75) is 0 Å². The number of aldehydes is 1. The fraction of sp³-hybridized carbons (Fsp3) is 0. The molecule has 0 aliphatic rings. The van der Waals surface area contributed by atoms with Crippen molar-refractivity contribution in [3.05, 3.63) is 23.3 Å². The Hall–Kier alpha value is -1.65. The number of nitrogen functional groups attached to an aromatic ring is 1. The van der Waals surface area contributed by atoms with Gasteiger partial charge in [0, 0.05) is 0 Å². The second-order valence-corrected chi connectivity index (χ2v) is 1.71. The first kappa shape index (κ1) is 6.47. The molecule has 1 aromatic rings. The standard InChI is InChI=1S/C5H6N4O/c6-5-2-1-4(3-10)8-9(5)7/h1-3,6H,7H2. The molecule has 0 bridgehead atoms. The van der Waals surface area contributed by atoms with Gasteiger partial charge in [0.2, 0.25) is 0 Å². The highest BCUT2D eigenvalue weighted by Crippen LogP contribution is 1.79. The molecule has 0 aliphatic carbocycles. The molecule has 1 rings (SSSR count). The van der Waals surface area contributed by atoms with Crippen molar-refractivity contribution in [3.63, 3.8) is 0 Å². The quantitative estimate of drug-likeness (QED) is 0.381. The summed E-state index contributed by atoms with van der Waals surface area (Å²) in [6.45, 7) is 0. The van der Waals surface area contributed by atoms with Crippen LogP contribution >= 0.6 is 0 Å². The zero-order valence-corrected chi connectivity index (χ0v) is 5.11. The molecule has 0 spiro atoms. The van der Waals surface area contributed by atoms with E-state index in [1.165, 1.54) is 12.1 Å². The maximum atomic E-state index is 10.1. The lowest BCUT2D eigenvalue weighted by atomic mass is 10.4. The number of aromatic nitrogens is 2. The summed E-state index contributed by atoms with van der Waals surface area (Å²) in [5.74, 6) is 5.16. The molecule has 0 aliphatic heterocycles. The number of rotatable bonds is 1. The van der Waals surface area contributed by atoms with Gasteiger partial charge in [-0.15, -0.1) is 5.10 Å². The van der Waals surface area contributed by atoms with E-state index in [2.05, 4.69) is 5.10 Å². The molecular formula is C5H6N4O. The van der Waals surface area contributed by atoms with Crippen LogP contribution in [-0.4, -0.2) is 16.2 Å². The topological polar surface area (TPSA) is 84.8 Å². The third-order valence-electron chi connectivity index (χ3n) is 1.00. The van der Waals surface area contributed by atoms with Gasteiger partial charge in [0.15, 0.2) is 11.8 Å². The molecule has 0 unspecified atom stereocenters. The molecule has 52 valence electrons. The van der Waals surface area contributed by atoms with Gasteiger partial charge in [-0.2, -0.15) is 4.79 Å². The van der Waals surface area contributed by atoms with Gasteiger partial charge in [0.05, 0.1) is 0 Å². The minimum absolute atomic E-state index is 0.0607. The molecule has 1 heterocycles. The van der Waals surface area contributed by atoms with Gasteiger partial charge in [-0.25, -0.2) is 0 Å². The summed E-state index contributed by atoms with van der Waals surface area (Å²) in [7, 11) is 0. The van der Waals surface area contributed by atoms with E-state index in [4.69, 9.17) is 11.3 Å². The molecule has 5 heteroatoms. The van der Waals surface area contributed by atoms with Crippen LogP contribution in [0.15, 0.2) is 12.1 Å². The molecule has 0 atom stereocenters. The van der Waals surface area contributed by atoms with Gasteiger partial charge in [-0.3, -0.25) is 10.2 Å². The van der Waals surface area contributed by atoms with Crippen LogP contribution in [0.4, 0.5) is 0 Å². The van der Waals surface area contributed by atoms with E-state index < -0.39 is 0 Å². The fourth-order valence-corrected chi connectivity index (χ4v) is 0.515. The van der Waals surface area contributed by atoms with Crippen molar-refractivity contribution in [2.24, 2.45) is 0 Å². The van der Waals surface area contributed by atoms with Crippen molar-refractivity contribution < 1.29 is 4.79 Å². The molecule has 1 aromatic heterocycles. The Kier molecular flexibility index (Phi) is 1.49. The van der Waals surface area contributed by atoms with E-state index in [0.717, 1.165) is 4.79 Å². The van der Waals surface area contributed by atoms with Crippen molar-refractivity contribution in [2.75, 3.05) is 5.84 Å². The van der Waals surface area contributed by atoms with E-state index in [1.807, 2.05) is 0 Å². The van der Waals surface area contributed by atoms with Crippen LogP contribution in [0.3, 0.4) is 0 Å². The van der Waals surface area contributed by atoms with Crippen LogP contribution in [0.5, 0.6) is 0 Å². The summed E-state index contributed by atoms with van der Waals surface area (Å²) in [6.07, 6.45) is 0.572. The van der Waals surface area contributed by atoms with Crippen LogP contribution in [-0.2, 0) is 0 Å². The third kappa shape index (κ3) is 1.02. The Morgan fingerprint density at radius 1 is 1.70 bits per heavy atom. The molecule has 0 amide bonds. The number of carbonyl (C=O) groups excluding carboxylic acids is 1. The zero-order chi connectivity index (χ0) is 7.56. The second kappa shape index (κ2) is 2.30. The van der Waals surface area contributed by atoms with E-state index in [-0.39, 0.29) is 11.2 Å².